The van der Waals surface area contributed by atoms with E-state index < -0.39 is 15.7 Å². The number of anilines is 1. The van der Waals surface area contributed by atoms with Gasteiger partial charge in [-0.05, 0) is 36.8 Å². The summed E-state index contributed by atoms with van der Waals surface area (Å²) >= 11 is 0. The quantitative estimate of drug-likeness (QED) is 0.731. The molecule has 0 saturated carbocycles. The number of Topliss-reactive ketones (excluding diaryl/α,β-unsaturated/α-hetero) is 1. The van der Waals surface area contributed by atoms with Gasteiger partial charge in [0.1, 0.15) is 0 Å². The molecular formula is C17H15N3O4S. The first-order valence-electron chi connectivity index (χ1n) is 7.75. The van der Waals surface area contributed by atoms with Crippen molar-refractivity contribution in [3.05, 3.63) is 58.0 Å². The Kier molecular flexibility index (Phi) is 3.33. The third-order valence-electron chi connectivity index (χ3n) is 4.40. The van der Waals surface area contributed by atoms with E-state index >= 15 is 0 Å². The number of H-pyrrole nitrogens is 2. The average molecular weight is 357 g/mol. The van der Waals surface area contributed by atoms with Crippen LogP contribution >= 0.6 is 0 Å². The van der Waals surface area contributed by atoms with Crippen LogP contribution in [-0.2, 0) is 10.0 Å². The van der Waals surface area contributed by atoms with Crippen LogP contribution in [-0.4, -0.2) is 30.7 Å². The number of carbonyl (C=O) groups excluding carboxylic acids is 1. The van der Waals surface area contributed by atoms with Gasteiger partial charge in [-0.2, -0.15) is 0 Å². The molecule has 3 aromatic rings. The zero-order chi connectivity index (χ0) is 17.8. The van der Waals surface area contributed by atoms with E-state index in [2.05, 4.69) is 9.97 Å². The number of carbonyl (C=O) groups is 1. The summed E-state index contributed by atoms with van der Waals surface area (Å²) < 4.78 is 27.6. The Balaban J connectivity index is 1.89. The highest BCUT2D eigenvalue weighted by Gasteiger charge is 2.33. The first-order valence-corrected chi connectivity index (χ1v) is 9.19. The van der Waals surface area contributed by atoms with Crippen LogP contribution in [0.5, 0.6) is 0 Å². The van der Waals surface area contributed by atoms with Crippen LogP contribution in [0, 0.1) is 6.92 Å². The summed E-state index contributed by atoms with van der Waals surface area (Å²) in [6.45, 7) is 1.88. The number of hydrogen-bond donors (Lipinski definition) is 2. The molecule has 0 saturated heterocycles. The molecule has 2 aromatic carbocycles. The normalized spacial score (nSPS) is 14.8. The lowest BCUT2D eigenvalue weighted by Crippen LogP contribution is -2.38. The van der Waals surface area contributed by atoms with Gasteiger partial charge in [-0.15, -0.1) is 0 Å². The van der Waals surface area contributed by atoms with Gasteiger partial charge in [0, 0.05) is 18.5 Å². The van der Waals surface area contributed by atoms with Crippen molar-refractivity contribution in [3.63, 3.8) is 0 Å². The predicted molar refractivity (Wildman–Crippen MR) is 93.6 cm³/mol. The van der Waals surface area contributed by atoms with Gasteiger partial charge < -0.3 is 9.97 Å². The molecule has 25 heavy (non-hydrogen) atoms. The molecule has 0 radical (unpaired) electrons. The Hall–Kier alpha value is -2.87. The van der Waals surface area contributed by atoms with Gasteiger partial charge in [0.2, 0.25) is 0 Å². The van der Waals surface area contributed by atoms with Crippen LogP contribution in [0.25, 0.3) is 11.0 Å². The highest BCUT2D eigenvalue weighted by atomic mass is 32.2. The summed E-state index contributed by atoms with van der Waals surface area (Å²) in [5.74, 6) is -0.0597. The molecule has 0 unspecified atom stereocenters. The second kappa shape index (κ2) is 5.32. The van der Waals surface area contributed by atoms with E-state index in [1.807, 2.05) is 0 Å². The molecule has 0 bridgehead atoms. The van der Waals surface area contributed by atoms with Gasteiger partial charge in [-0.1, -0.05) is 12.1 Å². The number of imidazole rings is 1. The maximum absolute atomic E-state index is 13.2. The number of hydrogen-bond acceptors (Lipinski definition) is 4. The van der Waals surface area contributed by atoms with Crippen LogP contribution in [0.4, 0.5) is 5.69 Å². The van der Waals surface area contributed by atoms with Crippen LogP contribution in [0.15, 0.2) is 46.1 Å². The van der Waals surface area contributed by atoms with E-state index in [1.54, 1.807) is 31.2 Å². The monoisotopic (exact) mass is 357 g/mol. The number of nitrogens with one attached hydrogen (secondary N) is 2. The van der Waals surface area contributed by atoms with Crippen LogP contribution in [0.1, 0.15) is 22.3 Å². The second-order valence-electron chi connectivity index (χ2n) is 6.01. The summed E-state index contributed by atoms with van der Waals surface area (Å²) in [6, 6.07) is 9.62. The maximum atomic E-state index is 13.2. The lowest BCUT2D eigenvalue weighted by Gasteiger charge is -2.31. The van der Waals surface area contributed by atoms with Crippen LogP contribution in [0.2, 0.25) is 0 Å². The summed E-state index contributed by atoms with van der Waals surface area (Å²) in [7, 11) is -3.86. The van der Waals surface area contributed by atoms with Crippen molar-refractivity contribution in [2.75, 3.05) is 10.8 Å². The summed E-state index contributed by atoms with van der Waals surface area (Å²) in [6.07, 6.45) is 0.138. The van der Waals surface area contributed by atoms with E-state index in [1.165, 1.54) is 16.4 Å². The van der Waals surface area contributed by atoms with Crippen LogP contribution in [0.3, 0.4) is 0 Å². The molecule has 4 rings (SSSR count). The largest absolute Gasteiger partial charge is 0.323 e. The highest BCUT2D eigenvalue weighted by Crippen LogP contribution is 2.35. The fourth-order valence-electron chi connectivity index (χ4n) is 3.20. The smallest absolute Gasteiger partial charge is 0.306 e. The summed E-state index contributed by atoms with van der Waals surface area (Å²) in [4.78, 5) is 28.8. The Bertz CT molecular complexity index is 1170. The highest BCUT2D eigenvalue weighted by molar-refractivity contribution is 7.92. The number of benzene rings is 2. The molecule has 2 heterocycles. The van der Waals surface area contributed by atoms with Gasteiger partial charge in [0.05, 0.1) is 21.6 Å². The molecule has 0 fully saturated rings. The minimum Gasteiger partial charge on any atom is -0.306 e. The van der Waals surface area contributed by atoms with E-state index in [0.717, 1.165) is 5.56 Å². The number of aromatic nitrogens is 2. The Morgan fingerprint density at radius 1 is 1.04 bits per heavy atom. The van der Waals surface area contributed by atoms with Crippen molar-refractivity contribution in [1.29, 1.82) is 0 Å². The average Bonchev–Trinajstić information content (AvgIpc) is 2.95. The number of para-hydroxylation sites is 1. The third-order valence-corrected chi connectivity index (χ3v) is 6.20. The number of sulfonamides is 1. The number of nitrogens with zero attached hydrogens (tertiary/aromatic N) is 1. The number of aryl methyl sites for hydroxylation is 1. The van der Waals surface area contributed by atoms with E-state index in [9.17, 15) is 18.0 Å². The Morgan fingerprint density at radius 3 is 2.60 bits per heavy atom. The Labute approximate surface area is 143 Å². The molecule has 1 aliphatic rings. The molecule has 7 nitrogen and oxygen atoms in total. The maximum Gasteiger partial charge on any atom is 0.323 e. The lowest BCUT2D eigenvalue weighted by atomic mass is 9.99. The Morgan fingerprint density at radius 2 is 1.80 bits per heavy atom. The van der Waals surface area contributed by atoms with E-state index in [-0.39, 0.29) is 23.6 Å². The molecule has 0 atom stereocenters. The lowest BCUT2D eigenvalue weighted by molar-refractivity contribution is 0.0982. The zero-order valence-electron chi connectivity index (χ0n) is 13.4. The molecule has 2 N–H and O–H groups in total. The standard InChI is InChI=1S/C17H15N3O4S/c1-10-3-2-4-12-15(21)7-8-20(16(10)12)25(23,24)11-5-6-13-14(9-11)19-17(22)18-13/h2-6,9H,7-8H2,1H3,(H2,18,19,22). The molecule has 0 aliphatic carbocycles. The third kappa shape index (κ3) is 2.37. The predicted octanol–water partition coefficient (Wildman–Crippen LogP) is 1.95. The van der Waals surface area contributed by atoms with Gasteiger partial charge >= 0.3 is 5.69 Å². The number of ketones is 1. The first kappa shape index (κ1) is 15.6. The molecule has 128 valence electrons. The van der Waals surface area contributed by atoms with Crippen molar-refractivity contribution in [2.24, 2.45) is 0 Å². The molecule has 0 spiro atoms. The zero-order valence-corrected chi connectivity index (χ0v) is 14.2. The van der Waals surface area contributed by atoms with Gasteiger partial charge in [0.25, 0.3) is 10.0 Å². The van der Waals surface area contributed by atoms with Gasteiger partial charge in [-0.3, -0.25) is 9.10 Å². The van der Waals surface area contributed by atoms with E-state index in [0.29, 0.717) is 22.3 Å². The van der Waals surface area contributed by atoms with E-state index in [4.69, 9.17) is 0 Å². The SMILES string of the molecule is Cc1cccc2c1N(S(=O)(=O)c1ccc3[nH]c(=O)[nH]c3c1)CCC2=O. The topological polar surface area (TPSA) is 103 Å². The van der Waals surface area contributed by atoms with Crippen molar-refractivity contribution in [3.8, 4) is 0 Å². The molecule has 1 aromatic heterocycles. The van der Waals surface area contributed by atoms with Crippen molar-refractivity contribution < 1.29 is 13.2 Å². The molecule has 0 amide bonds. The van der Waals surface area contributed by atoms with Crippen molar-refractivity contribution >= 4 is 32.5 Å². The summed E-state index contributed by atoms with van der Waals surface area (Å²) in [5.41, 5.74) is 2.14. The van der Waals surface area contributed by atoms with Crippen LogP contribution < -0.4 is 9.99 Å². The second-order valence-corrected chi connectivity index (χ2v) is 7.87. The minimum atomic E-state index is -3.86. The van der Waals surface area contributed by atoms with Crippen molar-refractivity contribution in [1.82, 2.24) is 9.97 Å². The number of rotatable bonds is 2. The van der Waals surface area contributed by atoms with Gasteiger partial charge in [0.15, 0.2) is 5.78 Å². The fraction of sp³-hybridized carbons (Fsp3) is 0.176. The van der Waals surface area contributed by atoms with Gasteiger partial charge in [-0.25, -0.2) is 13.2 Å². The summed E-state index contributed by atoms with van der Waals surface area (Å²) in [5, 5.41) is 0. The first-order chi connectivity index (χ1) is 11.9. The molecular weight excluding hydrogens is 342 g/mol. The number of aromatic amines is 2. The fourth-order valence-corrected chi connectivity index (χ4v) is 4.78. The number of fused-ring (bicyclic) bond motifs is 2. The minimum absolute atomic E-state index is 0.0597. The molecule has 1 aliphatic heterocycles. The van der Waals surface area contributed by atoms with Crippen molar-refractivity contribution in [2.45, 2.75) is 18.2 Å². The molecule has 8 heteroatoms.